The van der Waals surface area contributed by atoms with Crippen molar-refractivity contribution < 1.29 is 23.2 Å². The van der Waals surface area contributed by atoms with Crippen LogP contribution in [0.25, 0.3) is 0 Å². The number of halogens is 2. The molecule has 1 N–H and O–H groups in total. The zero-order chi connectivity index (χ0) is 19.9. The highest BCUT2D eigenvalue weighted by molar-refractivity contribution is 8.14. The number of aliphatic hydroxyl groups is 1. The van der Waals surface area contributed by atoms with Crippen molar-refractivity contribution in [1.82, 2.24) is 0 Å². The third-order valence-corrected chi connectivity index (χ3v) is 6.39. The van der Waals surface area contributed by atoms with E-state index < -0.39 is 12.3 Å². The molecule has 2 aromatic rings. The Morgan fingerprint density at radius 1 is 1.18 bits per heavy atom. The van der Waals surface area contributed by atoms with Gasteiger partial charge < -0.3 is 9.84 Å². The smallest absolute Gasteiger partial charge is 0.387 e. The van der Waals surface area contributed by atoms with Gasteiger partial charge in [-0.15, -0.1) is 0 Å². The Morgan fingerprint density at radius 2 is 1.93 bits per heavy atom. The summed E-state index contributed by atoms with van der Waals surface area (Å²) in [6.07, 6.45) is 1.06. The Morgan fingerprint density at radius 3 is 2.64 bits per heavy atom. The van der Waals surface area contributed by atoms with Gasteiger partial charge in [0.1, 0.15) is 11.4 Å². The predicted molar refractivity (Wildman–Crippen MR) is 107 cm³/mol. The zero-order valence-electron chi connectivity index (χ0n) is 15.9. The summed E-state index contributed by atoms with van der Waals surface area (Å²) in [7, 11) is 0. The predicted octanol–water partition coefficient (Wildman–Crippen LogP) is 4.08. The lowest BCUT2D eigenvalue weighted by molar-refractivity contribution is -0.532. The molecule has 4 rings (SSSR count). The number of benzene rings is 2. The Bertz CT molecular complexity index is 917. The summed E-state index contributed by atoms with van der Waals surface area (Å²) in [5, 5.41) is 12.9. The molecule has 0 aliphatic carbocycles. The van der Waals surface area contributed by atoms with Crippen LogP contribution >= 0.6 is 11.8 Å². The van der Waals surface area contributed by atoms with Crippen molar-refractivity contribution >= 4 is 22.6 Å². The molecule has 148 valence electrons. The number of hydrogen-bond donors (Lipinski definition) is 1. The van der Waals surface area contributed by atoms with E-state index in [-0.39, 0.29) is 5.75 Å². The van der Waals surface area contributed by atoms with Crippen molar-refractivity contribution in [3.63, 3.8) is 0 Å². The quantitative estimate of drug-likeness (QED) is 0.778. The maximum Gasteiger partial charge on any atom is 0.387 e. The van der Waals surface area contributed by atoms with Gasteiger partial charge in [-0.2, -0.15) is 13.7 Å². The number of amidine groups is 1. The van der Waals surface area contributed by atoms with Gasteiger partial charge in [0.15, 0.2) is 6.54 Å². The molecule has 0 radical (unpaired) electrons. The molecule has 0 saturated carbocycles. The fourth-order valence-corrected chi connectivity index (χ4v) is 5.01. The molecule has 4 nitrogen and oxygen atoms in total. The number of anilines is 1. The molecule has 0 unspecified atom stereocenters. The fraction of sp³-hybridized carbons (Fsp3) is 0.381. The molecular formula is C21H23F2N2O2S+. The second-order valence-corrected chi connectivity index (χ2v) is 8.31. The van der Waals surface area contributed by atoms with Crippen molar-refractivity contribution in [1.29, 1.82) is 0 Å². The van der Waals surface area contributed by atoms with Crippen LogP contribution in [0.2, 0.25) is 0 Å². The first kappa shape index (κ1) is 19.2. The first-order chi connectivity index (χ1) is 13.4. The van der Waals surface area contributed by atoms with Gasteiger partial charge in [0.2, 0.25) is 0 Å². The van der Waals surface area contributed by atoms with Gasteiger partial charge in [-0.05, 0) is 73.5 Å². The van der Waals surface area contributed by atoms with E-state index in [1.165, 1.54) is 12.1 Å². The van der Waals surface area contributed by atoms with Crippen LogP contribution in [0.4, 0.5) is 14.5 Å². The highest BCUT2D eigenvalue weighted by atomic mass is 32.2. The average molecular weight is 405 g/mol. The Kier molecular flexibility index (Phi) is 5.05. The van der Waals surface area contributed by atoms with Crippen LogP contribution in [-0.4, -0.2) is 40.3 Å². The van der Waals surface area contributed by atoms with Gasteiger partial charge in [0, 0.05) is 11.3 Å². The third kappa shape index (κ3) is 3.37. The van der Waals surface area contributed by atoms with E-state index in [1.807, 2.05) is 18.7 Å². The molecule has 28 heavy (non-hydrogen) atoms. The van der Waals surface area contributed by atoms with E-state index in [0.29, 0.717) is 12.1 Å². The minimum Gasteiger partial charge on any atom is -0.435 e. The van der Waals surface area contributed by atoms with Crippen LogP contribution in [0.1, 0.15) is 23.1 Å². The summed E-state index contributed by atoms with van der Waals surface area (Å²) < 4.78 is 31.6. The summed E-state index contributed by atoms with van der Waals surface area (Å²) in [5.41, 5.74) is 2.51. The van der Waals surface area contributed by atoms with E-state index in [9.17, 15) is 13.9 Å². The minimum absolute atomic E-state index is 0.0818. The van der Waals surface area contributed by atoms with Gasteiger partial charge in [0.05, 0.1) is 6.54 Å². The standard InChI is InChI=1S/C21H23F2N2O2S/c1-14-4-5-15(2)18(12-14)25-20-24(10-3-11-28-20)13-21(25,26)16-6-8-17(9-7-16)27-19(22)23/h4-9,12,19,26H,3,10-11,13H2,1-2H3/q+1/t21-/m0/s1. The molecule has 1 atom stereocenters. The number of nitrogens with zero attached hydrogens (tertiary/aromatic N) is 2. The van der Waals surface area contributed by atoms with Gasteiger partial charge in [-0.3, -0.25) is 0 Å². The fourth-order valence-electron chi connectivity index (χ4n) is 3.84. The largest absolute Gasteiger partial charge is 0.435 e. The van der Waals surface area contributed by atoms with Crippen LogP contribution in [-0.2, 0) is 5.72 Å². The maximum absolute atomic E-state index is 12.5. The molecular weight excluding hydrogens is 382 g/mol. The molecule has 7 heteroatoms. The van der Waals surface area contributed by atoms with Crippen LogP contribution in [0.15, 0.2) is 42.5 Å². The molecule has 0 amide bonds. The Labute approximate surface area is 167 Å². The van der Waals surface area contributed by atoms with Crippen LogP contribution < -0.4 is 9.64 Å². The molecule has 0 spiro atoms. The second-order valence-electron chi connectivity index (χ2n) is 7.25. The Balaban J connectivity index is 1.79. The SMILES string of the molecule is Cc1ccc(C)c(N2C3=[N+](CCCS3)C[C@]2(O)c2ccc(OC(F)F)cc2)c1. The normalized spacial score (nSPS) is 22.0. The van der Waals surface area contributed by atoms with Gasteiger partial charge >= 0.3 is 11.8 Å². The highest BCUT2D eigenvalue weighted by Crippen LogP contribution is 2.41. The second kappa shape index (κ2) is 7.37. The minimum atomic E-state index is -2.87. The van der Waals surface area contributed by atoms with Crippen molar-refractivity contribution in [2.24, 2.45) is 0 Å². The summed E-state index contributed by atoms with van der Waals surface area (Å²) >= 11 is 1.74. The van der Waals surface area contributed by atoms with Gasteiger partial charge in [0.25, 0.3) is 5.72 Å². The van der Waals surface area contributed by atoms with Crippen molar-refractivity contribution in [2.75, 3.05) is 23.7 Å². The third-order valence-electron chi connectivity index (χ3n) is 5.19. The van der Waals surface area contributed by atoms with Gasteiger partial charge in [-0.25, -0.2) is 4.58 Å². The van der Waals surface area contributed by atoms with Crippen molar-refractivity contribution in [3.8, 4) is 5.75 Å². The number of thioether (sulfide) groups is 1. The first-order valence-corrected chi connectivity index (χ1v) is 10.3. The Hall–Kier alpha value is -2.12. The van der Waals surface area contributed by atoms with E-state index in [4.69, 9.17) is 0 Å². The molecule has 0 fully saturated rings. The monoisotopic (exact) mass is 405 g/mol. The summed E-state index contributed by atoms with van der Waals surface area (Å²) in [6, 6.07) is 12.5. The number of rotatable bonds is 4. The molecule has 0 bridgehead atoms. The van der Waals surface area contributed by atoms with Crippen molar-refractivity contribution in [2.45, 2.75) is 32.6 Å². The molecule has 0 aromatic heterocycles. The highest BCUT2D eigenvalue weighted by Gasteiger charge is 2.55. The van der Waals surface area contributed by atoms with Crippen molar-refractivity contribution in [3.05, 3.63) is 59.2 Å². The van der Waals surface area contributed by atoms with E-state index in [2.05, 4.69) is 27.5 Å². The topological polar surface area (TPSA) is 35.7 Å². The number of hydrogen-bond acceptors (Lipinski definition) is 4. The maximum atomic E-state index is 12.5. The molecule has 2 heterocycles. The van der Waals surface area contributed by atoms with Crippen LogP contribution in [0, 0.1) is 13.8 Å². The number of alkyl halides is 2. The number of ether oxygens (including phenoxy) is 1. The van der Waals surface area contributed by atoms with Crippen LogP contribution in [0.3, 0.4) is 0 Å². The summed E-state index contributed by atoms with van der Waals surface area (Å²) in [5.74, 6) is 1.09. The molecule has 0 saturated heterocycles. The number of aryl methyl sites for hydroxylation is 2. The first-order valence-electron chi connectivity index (χ1n) is 9.28. The molecule has 2 aliphatic heterocycles. The van der Waals surface area contributed by atoms with Crippen LogP contribution in [0.5, 0.6) is 5.75 Å². The average Bonchev–Trinajstić information content (AvgIpc) is 2.97. The zero-order valence-corrected chi connectivity index (χ0v) is 16.7. The van der Waals surface area contributed by atoms with Gasteiger partial charge in [-0.1, -0.05) is 12.1 Å². The lowest BCUT2D eigenvalue weighted by Gasteiger charge is -2.29. The van der Waals surface area contributed by atoms with E-state index >= 15 is 0 Å². The van der Waals surface area contributed by atoms with E-state index in [1.54, 1.807) is 23.9 Å². The molecule has 2 aromatic carbocycles. The molecule has 2 aliphatic rings. The summed E-state index contributed by atoms with van der Waals surface area (Å²) in [6.45, 7) is 2.51. The summed E-state index contributed by atoms with van der Waals surface area (Å²) in [4.78, 5) is 2.00. The lowest BCUT2D eigenvalue weighted by Crippen LogP contribution is -2.47. The van der Waals surface area contributed by atoms with E-state index in [0.717, 1.165) is 40.7 Å². The lowest BCUT2D eigenvalue weighted by atomic mass is 9.99.